The van der Waals surface area contributed by atoms with Crippen molar-refractivity contribution in [2.45, 2.75) is 161 Å². The maximum absolute atomic E-state index is 12.3. The summed E-state index contributed by atoms with van der Waals surface area (Å²) >= 11 is 0. The van der Waals surface area contributed by atoms with Gasteiger partial charge in [0.25, 0.3) is 0 Å². The van der Waals surface area contributed by atoms with Crippen LogP contribution in [-0.4, -0.2) is 65.7 Å². The van der Waals surface area contributed by atoms with Gasteiger partial charge in [-0.1, -0.05) is 137 Å². The molecule has 3 unspecified atom stereocenters. The lowest BCUT2D eigenvalue weighted by molar-refractivity contribution is -0.153. The minimum Gasteiger partial charge on any atom is -0.457 e. The highest BCUT2D eigenvalue weighted by atomic mass is 31.2. The number of hydrogen-bond acceptors (Lipinski definition) is 9. The van der Waals surface area contributed by atoms with Gasteiger partial charge in [0.1, 0.15) is 12.2 Å². The van der Waals surface area contributed by atoms with Gasteiger partial charge in [0.15, 0.2) is 0 Å². The lowest BCUT2D eigenvalue weighted by Crippen LogP contribution is -2.28. The lowest BCUT2D eigenvalue weighted by atomic mass is 10.1. The van der Waals surface area contributed by atoms with Gasteiger partial charge in [0, 0.05) is 12.8 Å². The number of phosphoric acid groups is 1. The number of hydrogen-bond donors (Lipinski definition) is 3. The first kappa shape index (κ1) is 53.1. The van der Waals surface area contributed by atoms with E-state index in [1.165, 1.54) is 25.7 Å². The van der Waals surface area contributed by atoms with Crippen molar-refractivity contribution < 1.29 is 47.8 Å². The molecule has 0 spiro atoms. The molecule has 0 aliphatic carbocycles. The molecule has 0 heterocycles. The van der Waals surface area contributed by atoms with Crippen LogP contribution in [-0.2, 0) is 32.7 Å². The quantitative estimate of drug-likeness (QED) is 0.0238. The summed E-state index contributed by atoms with van der Waals surface area (Å²) in [6, 6.07) is 0. The number of ether oxygens (including phenoxy) is 2. The monoisotopic (exact) mass is 807 g/mol. The van der Waals surface area contributed by atoms with Gasteiger partial charge < -0.3 is 24.6 Å². The van der Waals surface area contributed by atoms with Gasteiger partial charge in [-0.3, -0.25) is 18.6 Å². The Morgan fingerprint density at radius 3 is 1.29 bits per heavy atom. The van der Waals surface area contributed by atoms with Crippen molar-refractivity contribution in [1.29, 1.82) is 0 Å². The average molecular weight is 807 g/mol. The fourth-order valence-corrected chi connectivity index (χ4v) is 5.90. The second kappa shape index (κ2) is 40.4. The first-order valence-corrected chi connectivity index (χ1v) is 22.5. The normalized spacial score (nSPS) is 14.7. The van der Waals surface area contributed by atoms with E-state index in [4.69, 9.17) is 18.5 Å². The number of esters is 2. The van der Waals surface area contributed by atoms with Crippen LogP contribution in [0.15, 0.2) is 85.1 Å². The molecule has 11 heteroatoms. The fraction of sp³-hybridized carbons (Fsp3) is 0.644. The van der Waals surface area contributed by atoms with Crippen LogP contribution in [0.4, 0.5) is 0 Å². The van der Waals surface area contributed by atoms with Crippen LogP contribution in [0.25, 0.3) is 0 Å². The molecule has 3 atom stereocenters. The van der Waals surface area contributed by atoms with Gasteiger partial charge in [-0.2, -0.15) is 0 Å². The molecule has 320 valence electrons. The molecule has 0 aliphatic rings. The Kier molecular flexibility index (Phi) is 38.3. The minimum atomic E-state index is -4.66. The van der Waals surface area contributed by atoms with Crippen molar-refractivity contribution >= 4 is 19.8 Å². The summed E-state index contributed by atoms with van der Waals surface area (Å²) in [6.45, 7) is 1.97. The summed E-state index contributed by atoms with van der Waals surface area (Å²) in [7, 11) is -4.66. The third-order valence-electron chi connectivity index (χ3n) is 8.34. The highest BCUT2D eigenvalue weighted by molar-refractivity contribution is 7.47. The van der Waals surface area contributed by atoms with Crippen molar-refractivity contribution in [3.8, 4) is 0 Å². The first-order chi connectivity index (χ1) is 27.3. The third kappa shape index (κ3) is 38.0. The van der Waals surface area contributed by atoms with E-state index in [0.717, 1.165) is 77.0 Å². The van der Waals surface area contributed by atoms with Crippen LogP contribution in [0.1, 0.15) is 149 Å². The van der Waals surface area contributed by atoms with E-state index >= 15 is 0 Å². The molecule has 0 saturated carbocycles. The summed E-state index contributed by atoms with van der Waals surface area (Å²) < 4.78 is 32.5. The second-order valence-corrected chi connectivity index (χ2v) is 15.0. The summed E-state index contributed by atoms with van der Waals surface area (Å²) in [6.07, 6.45) is 47.0. The molecule has 56 heavy (non-hydrogen) atoms. The highest BCUT2D eigenvalue weighted by Crippen LogP contribution is 2.43. The van der Waals surface area contributed by atoms with Crippen molar-refractivity contribution in [3.05, 3.63) is 85.1 Å². The smallest absolute Gasteiger partial charge is 0.457 e. The second-order valence-electron chi connectivity index (χ2n) is 13.6. The largest absolute Gasteiger partial charge is 0.472 e. The van der Waals surface area contributed by atoms with Gasteiger partial charge >= 0.3 is 19.8 Å². The van der Waals surface area contributed by atoms with Crippen LogP contribution in [0.2, 0.25) is 0 Å². The zero-order valence-corrected chi connectivity index (χ0v) is 35.5. The van der Waals surface area contributed by atoms with Crippen LogP contribution in [0, 0.1) is 0 Å². The number of carbonyl (C=O) groups is 2. The standard InChI is InChI=1S/C45H75O10P/c1-3-5-7-9-11-13-15-17-19-21-23-25-27-29-31-33-35-37-45(49)55-43(39-47)41-53-56(50,51)52-40-42(38-46)54-44(48)36-34-32-30-28-26-24-22-20-18-16-14-12-10-8-6-4-2/h5,7,11,13-14,16-17,19-20,22-23,25,29,31,42-43,46-47H,3-4,6,8-10,12,15,18,21,24,26-28,30,32-41H2,1-2H3,(H,50,51)/b7-5-,13-11-,16-14-,19-17-,22-20-,25-23-,31-29-. The van der Waals surface area contributed by atoms with Gasteiger partial charge in [-0.25, -0.2) is 4.57 Å². The Balaban J connectivity index is 4.06. The van der Waals surface area contributed by atoms with E-state index in [1.807, 2.05) is 12.2 Å². The maximum atomic E-state index is 12.3. The molecule has 0 bridgehead atoms. The Hall–Kier alpha value is -2.85. The molecule has 0 aromatic heterocycles. The zero-order chi connectivity index (χ0) is 41.2. The van der Waals surface area contributed by atoms with Gasteiger partial charge in [-0.15, -0.1) is 0 Å². The molecule has 0 fully saturated rings. The van der Waals surface area contributed by atoms with Crippen molar-refractivity contribution in [2.75, 3.05) is 26.4 Å². The molecule has 3 N–H and O–H groups in total. The van der Waals surface area contributed by atoms with Crippen molar-refractivity contribution in [2.24, 2.45) is 0 Å². The maximum Gasteiger partial charge on any atom is 0.472 e. The summed E-state index contributed by atoms with van der Waals surface area (Å²) in [5.41, 5.74) is 0. The number of phosphoric ester groups is 1. The summed E-state index contributed by atoms with van der Waals surface area (Å²) in [4.78, 5) is 34.5. The molecular weight excluding hydrogens is 731 g/mol. The van der Waals surface area contributed by atoms with Gasteiger partial charge in [0.2, 0.25) is 0 Å². The third-order valence-corrected chi connectivity index (χ3v) is 9.29. The van der Waals surface area contributed by atoms with Gasteiger partial charge in [-0.05, 0) is 83.5 Å². The zero-order valence-electron chi connectivity index (χ0n) is 34.6. The molecule has 0 radical (unpaired) electrons. The Bertz CT molecular complexity index is 1200. The summed E-state index contributed by atoms with van der Waals surface area (Å²) in [5.74, 6) is -1.10. The lowest BCUT2D eigenvalue weighted by Gasteiger charge is -2.20. The summed E-state index contributed by atoms with van der Waals surface area (Å²) in [5, 5.41) is 19.1. The van der Waals surface area contributed by atoms with E-state index < -0.39 is 58.4 Å². The van der Waals surface area contributed by atoms with Crippen LogP contribution < -0.4 is 0 Å². The van der Waals surface area contributed by atoms with E-state index in [9.17, 15) is 29.3 Å². The number of aliphatic hydroxyl groups is 2. The number of rotatable bonds is 38. The molecule has 0 aromatic rings. The predicted molar refractivity (Wildman–Crippen MR) is 228 cm³/mol. The van der Waals surface area contributed by atoms with Crippen molar-refractivity contribution in [3.63, 3.8) is 0 Å². The molecule has 0 amide bonds. The van der Waals surface area contributed by atoms with Crippen LogP contribution in [0.5, 0.6) is 0 Å². The molecule has 10 nitrogen and oxygen atoms in total. The predicted octanol–water partition coefficient (Wildman–Crippen LogP) is 11.1. The fourth-order valence-electron chi connectivity index (χ4n) is 5.12. The Morgan fingerprint density at radius 2 is 0.857 bits per heavy atom. The minimum absolute atomic E-state index is 0.108. The highest BCUT2D eigenvalue weighted by Gasteiger charge is 2.27. The van der Waals surface area contributed by atoms with E-state index in [1.54, 1.807) is 0 Å². The Labute approximate surface area is 339 Å². The molecule has 0 saturated heterocycles. The number of aliphatic hydroxyl groups excluding tert-OH is 2. The first-order valence-electron chi connectivity index (χ1n) is 21.0. The van der Waals surface area contributed by atoms with Crippen LogP contribution in [0.3, 0.4) is 0 Å². The van der Waals surface area contributed by atoms with Crippen LogP contribution >= 0.6 is 7.82 Å². The Morgan fingerprint density at radius 1 is 0.500 bits per heavy atom. The molecule has 0 aliphatic heterocycles. The van der Waals surface area contributed by atoms with Gasteiger partial charge in [0.05, 0.1) is 26.4 Å². The van der Waals surface area contributed by atoms with E-state index in [-0.39, 0.29) is 12.8 Å². The van der Waals surface area contributed by atoms with Crippen molar-refractivity contribution in [1.82, 2.24) is 0 Å². The van der Waals surface area contributed by atoms with E-state index in [0.29, 0.717) is 19.3 Å². The molecule has 0 aromatic carbocycles. The number of unbranched alkanes of at least 4 members (excludes halogenated alkanes) is 10. The molecule has 0 rings (SSSR count). The topological polar surface area (TPSA) is 149 Å². The SMILES string of the molecule is CC/C=C\C/C=C\C/C=C\C/C=C\C/C=C\CCCC(=O)OC(CO)COP(=O)(O)OCC(CO)OC(=O)CCCCCCC/C=C\C/C=C\CCCCCC. The van der Waals surface area contributed by atoms with E-state index in [2.05, 4.69) is 86.8 Å². The molecular formula is C45H75O10P. The average Bonchev–Trinajstić information content (AvgIpc) is 3.19. The number of allylic oxidation sites excluding steroid dienone is 14. The number of carbonyl (C=O) groups excluding carboxylic acids is 2.